The van der Waals surface area contributed by atoms with Gasteiger partial charge in [-0.25, -0.2) is 0 Å². The molecule has 0 radical (unpaired) electrons. The topological polar surface area (TPSA) is 35.2 Å². The van der Waals surface area contributed by atoms with Crippen molar-refractivity contribution in [2.75, 3.05) is 13.2 Å². The van der Waals surface area contributed by atoms with Gasteiger partial charge in [0.25, 0.3) is 0 Å². The maximum Gasteiger partial charge on any atom is 0.122 e. The van der Waals surface area contributed by atoms with Gasteiger partial charge >= 0.3 is 0 Å². The van der Waals surface area contributed by atoms with E-state index in [1.807, 2.05) is 19.1 Å². The Morgan fingerprint density at radius 3 is 2.33 bits per heavy atom. The zero-order valence-electron chi connectivity index (χ0n) is 13.2. The van der Waals surface area contributed by atoms with E-state index in [0.29, 0.717) is 13.2 Å². The van der Waals surface area contributed by atoms with Gasteiger partial charge in [-0.1, -0.05) is 55.0 Å². The fourth-order valence-electron chi connectivity index (χ4n) is 2.61. The van der Waals surface area contributed by atoms with Crippen molar-refractivity contribution < 1.29 is 4.74 Å². The predicted octanol–water partition coefficient (Wildman–Crippen LogP) is 3.85. The third-order valence-electron chi connectivity index (χ3n) is 4.05. The molecule has 0 aliphatic carbocycles. The Hall–Kier alpha value is -1.80. The summed E-state index contributed by atoms with van der Waals surface area (Å²) in [5.41, 5.74) is 9.79. The monoisotopic (exact) mass is 283 g/mol. The summed E-state index contributed by atoms with van der Waals surface area (Å²) in [6.07, 6.45) is 0.878. The second kappa shape index (κ2) is 6.77. The molecule has 2 N–H and O–H groups in total. The summed E-state index contributed by atoms with van der Waals surface area (Å²) in [5, 5.41) is 0. The molecule has 0 saturated heterocycles. The summed E-state index contributed by atoms with van der Waals surface area (Å²) in [5.74, 6) is 0.965. The molecule has 0 amide bonds. The van der Waals surface area contributed by atoms with Crippen LogP contribution in [0.2, 0.25) is 0 Å². The van der Waals surface area contributed by atoms with Crippen LogP contribution in [0.15, 0.2) is 48.5 Å². The van der Waals surface area contributed by atoms with E-state index in [1.165, 1.54) is 16.7 Å². The number of nitrogens with two attached hydrogens (primary N) is 1. The van der Waals surface area contributed by atoms with Crippen molar-refractivity contribution in [2.45, 2.75) is 32.6 Å². The lowest BCUT2D eigenvalue weighted by Crippen LogP contribution is -2.34. The Morgan fingerprint density at radius 2 is 1.71 bits per heavy atom. The van der Waals surface area contributed by atoms with Gasteiger partial charge in [0, 0.05) is 12.0 Å². The lowest BCUT2D eigenvalue weighted by Gasteiger charge is -2.29. The number of ether oxygens (including phenoxy) is 1. The molecule has 0 heterocycles. The van der Waals surface area contributed by atoms with Crippen molar-refractivity contribution >= 4 is 0 Å². The molecule has 0 aromatic heterocycles. The maximum atomic E-state index is 6.11. The van der Waals surface area contributed by atoms with Crippen molar-refractivity contribution in [1.82, 2.24) is 0 Å². The van der Waals surface area contributed by atoms with E-state index in [2.05, 4.69) is 50.2 Å². The number of para-hydroxylation sites is 1. The van der Waals surface area contributed by atoms with Gasteiger partial charge in [-0.15, -0.1) is 0 Å². The van der Waals surface area contributed by atoms with Gasteiger partial charge < -0.3 is 10.5 Å². The Bertz CT molecular complexity index is 576. The SMILES string of the molecule is CCOc1ccccc1CC(C)(CN)c1ccc(C)cc1. The minimum absolute atomic E-state index is 0.0824. The number of rotatable bonds is 6. The van der Waals surface area contributed by atoms with Crippen LogP contribution >= 0.6 is 0 Å². The number of hydrogen-bond donors (Lipinski definition) is 1. The lowest BCUT2D eigenvalue weighted by atomic mass is 9.77. The van der Waals surface area contributed by atoms with Gasteiger partial charge in [-0.3, -0.25) is 0 Å². The van der Waals surface area contributed by atoms with E-state index >= 15 is 0 Å². The summed E-state index contributed by atoms with van der Waals surface area (Å²) in [4.78, 5) is 0. The number of aryl methyl sites for hydroxylation is 1. The van der Waals surface area contributed by atoms with Crippen LogP contribution in [0.3, 0.4) is 0 Å². The summed E-state index contributed by atoms with van der Waals surface area (Å²) in [6, 6.07) is 16.9. The Balaban J connectivity index is 2.32. The van der Waals surface area contributed by atoms with Crippen molar-refractivity contribution in [2.24, 2.45) is 5.73 Å². The van der Waals surface area contributed by atoms with Crippen LogP contribution in [-0.2, 0) is 11.8 Å². The van der Waals surface area contributed by atoms with Crippen LogP contribution in [0.1, 0.15) is 30.5 Å². The molecular formula is C19H25NO. The molecule has 112 valence electrons. The molecule has 0 bridgehead atoms. The van der Waals surface area contributed by atoms with Gasteiger partial charge in [0.1, 0.15) is 5.75 Å². The predicted molar refractivity (Wildman–Crippen MR) is 88.9 cm³/mol. The first kappa shape index (κ1) is 15.6. The smallest absolute Gasteiger partial charge is 0.122 e. The zero-order chi connectivity index (χ0) is 15.3. The van der Waals surface area contributed by atoms with Gasteiger partial charge in [0.05, 0.1) is 6.61 Å². The summed E-state index contributed by atoms with van der Waals surface area (Å²) in [6.45, 7) is 7.63. The van der Waals surface area contributed by atoms with Crippen LogP contribution in [0.25, 0.3) is 0 Å². The van der Waals surface area contributed by atoms with Crippen LogP contribution in [0, 0.1) is 6.92 Å². The second-order valence-corrected chi connectivity index (χ2v) is 5.85. The molecule has 0 aliphatic rings. The van der Waals surface area contributed by atoms with Crippen molar-refractivity contribution in [1.29, 1.82) is 0 Å². The largest absolute Gasteiger partial charge is 0.494 e. The van der Waals surface area contributed by atoms with Crippen LogP contribution < -0.4 is 10.5 Å². The van der Waals surface area contributed by atoms with Crippen LogP contribution in [0.4, 0.5) is 0 Å². The first-order valence-corrected chi connectivity index (χ1v) is 7.57. The highest BCUT2D eigenvalue weighted by molar-refractivity contribution is 5.38. The van der Waals surface area contributed by atoms with Gasteiger partial charge in [0.2, 0.25) is 0 Å². The van der Waals surface area contributed by atoms with Gasteiger partial charge in [-0.2, -0.15) is 0 Å². The maximum absolute atomic E-state index is 6.11. The molecule has 2 nitrogen and oxygen atoms in total. The normalized spacial score (nSPS) is 13.7. The average molecular weight is 283 g/mol. The molecule has 21 heavy (non-hydrogen) atoms. The first-order valence-electron chi connectivity index (χ1n) is 7.57. The van der Waals surface area contributed by atoms with E-state index in [9.17, 15) is 0 Å². The third kappa shape index (κ3) is 3.64. The Morgan fingerprint density at radius 1 is 1.05 bits per heavy atom. The lowest BCUT2D eigenvalue weighted by molar-refractivity contribution is 0.332. The highest BCUT2D eigenvalue weighted by Gasteiger charge is 2.26. The van der Waals surface area contributed by atoms with Crippen molar-refractivity contribution in [3.8, 4) is 5.75 Å². The second-order valence-electron chi connectivity index (χ2n) is 5.85. The van der Waals surface area contributed by atoms with Crippen LogP contribution in [-0.4, -0.2) is 13.2 Å². The molecule has 2 aromatic rings. The Labute approximate surface area is 127 Å². The number of benzene rings is 2. The Kier molecular flexibility index (Phi) is 5.03. The molecule has 0 fully saturated rings. The third-order valence-corrected chi connectivity index (χ3v) is 4.05. The minimum Gasteiger partial charge on any atom is -0.494 e. The molecule has 0 saturated carbocycles. The molecule has 1 atom stereocenters. The highest BCUT2D eigenvalue weighted by Crippen LogP contribution is 2.31. The molecule has 1 unspecified atom stereocenters. The van der Waals surface area contributed by atoms with E-state index in [4.69, 9.17) is 10.5 Å². The molecule has 2 rings (SSSR count). The van der Waals surface area contributed by atoms with E-state index < -0.39 is 0 Å². The van der Waals surface area contributed by atoms with E-state index in [1.54, 1.807) is 0 Å². The summed E-state index contributed by atoms with van der Waals surface area (Å²) >= 11 is 0. The summed E-state index contributed by atoms with van der Waals surface area (Å²) in [7, 11) is 0. The molecular weight excluding hydrogens is 258 g/mol. The molecule has 2 aromatic carbocycles. The molecule has 2 heteroatoms. The highest BCUT2D eigenvalue weighted by atomic mass is 16.5. The molecule has 0 spiro atoms. The van der Waals surface area contributed by atoms with Crippen LogP contribution in [0.5, 0.6) is 5.75 Å². The van der Waals surface area contributed by atoms with E-state index in [0.717, 1.165) is 12.2 Å². The first-order chi connectivity index (χ1) is 10.1. The fourth-order valence-corrected chi connectivity index (χ4v) is 2.61. The minimum atomic E-state index is -0.0824. The summed E-state index contributed by atoms with van der Waals surface area (Å²) < 4.78 is 5.74. The van der Waals surface area contributed by atoms with Crippen molar-refractivity contribution in [3.05, 3.63) is 65.2 Å². The quantitative estimate of drug-likeness (QED) is 0.874. The average Bonchev–Trinajstić information content (AvgIpc) is 2.50. The number of hydrogen-bond acceptors (Lipinski definition) is 2. The fraction of sp³-hybridized carbons (Fsp3) is 0.368. The van der Waals surface area contributed by atoms with E-state index in [-0.39, 0.29) is 5.41 Å². The zero-order valence-corrected chi connectivity index (χ0v) is 13.2. The van der Waals surface area contributed by atoms with Crippen molar-refractivity contribution in [3.63, 3.8) is 0 Å². The van der Waals surface area contributed by atoms with Gasteiger partial charge in [0.15, 0.2) is 0 Å². The van der Waals surface area contributed by atoms with Gasteiger partial charge in [-0.05, 0) is 37.5 Å². The molecule has 0 aliphatic heterocycles. The standard InChI is InChI=1S/C19H25NO/c1-4-21-18-8-6-5-7-16(18)13-19(3,14-20)17-11-9-15(2)10-12-17/h5-12H,4,13-14,20H2,1-3H3.